The second kappa shape index (κ2) is 6.32. The van der Waals surface area contributed by atoms with E-state index in [9.17, 15) is 9.18 Å². The number of hydrogen-bond acceptors (Lipinski definition) is 2. The summed E-state index contributed by atoms with van der Waals surface area (Å²) in [5.74, 6) is -0.367. The monoisotopic (exact) mass is 301 g/mol. The van der Waals surface area contributed by atoms with Gasteiger partial charge in [-0.3, -0.25) is 4.79 Å². The zero-order valence-corrected chi connectivity index (χ0v) is 12.5. The number of benzene rings is 1. The van der Waals surface area contributed by atoms with Gasteiger partial charge in [-0.2, -0.15) is 0 Å². The molecule has 2 atom stereocenters. The van der Waals surface area contributed by atoms with Gasteiger partial charge in [0, 0.05) is 30.0 Å². The topological polar surface area (TPSA) is 56.9 Å². The first-order valence-electron chi connectivity index (χ1n) is 7.60. The summed E-state index contributed by atoms with van der Waals surface area (Å²) in [6, 6.07) is 6.78. The van der Waals surface area contributed by atoms with Gasteiger partial charge in [0.2, 0.25) is 0 Å². The molecule has 3 rings (SSSR count). The van der Waals surface area contributed by atoms with Crippen molar-refractivity contribution in [2.45, 2.75) is 31.8 Å². The summed E-state index contributed by atoms with van der Waals surface area (Å²) in [6.07, 6.45) is 5.33. The van der Waals surface area contributed by atoms with Crippen LogP contribution in [0, 0.1) is 5.82 Å². The Bertz CT molecular complexity index is 650. The van der Waals surface area contributed by atoms with Gasteiger partial charge >= 0.3 is 0 Å². The number of hydrogen-bond donors (Lipinski definition) is 3. The van der Waals surface area contributed by atoms with Crippen LogP contribution in [0.5, 0.6) is 0 Å². The van der Waals surface area contributed by atoms with E-state index in [1.807, 2.05) is 0 Å². The highest BCUT2D eigenvalue weighted by Crippen LogP contribution is 2.24. The van der Waals surface area contributed by atoms with Crippen LogP contribution in [0.25, 0.3) is 11.1 Å². The molecule has 5 heteroatoms. The second-order valence-corrected chi connectivity index (χ2v) is 5.84. The summed E-state index contributed by atoms with van der Waals surface area (Å²) in [7, 11) is 0. The smallest absolute Gasteiger partial charge is 0.253 e. The minimum Gasteiger partial charge on any atom is -0.366 e. The predicted molar refractivity (Wildman–Crippen MR) is 84.1 cm³/mol. The normalized spacial score (nSPS) is 21.5. The maximum Gasteiger partial charge on any atom is 0.253 e. The fourth-order valence-electron chi connectivity index (χ4n) is 2.95. The Morgan fingerprint density at radius 3 is 2.77 bits per heavy atom. The molecule has 1 amide bonds. The van der Waals surface area contributed by atoms with Crippen LogP contribution >= 0.6 is 0 Å². The Kier molecular flexibility index (Phi) is 4.24. The lowest BCUT2D eigenvalue weighted by atomic mass is 9.99. The van der Waals surface area contributed by atoms with E-state index in [1.54, 1.807) is 24.5 Å². The van der Waals surface area contributed by atoms with Crippen LogP contribution in [-0.2, 0) is 0 Å². The van der Waals surface area contributed by atoms with E-state index in [0.29, 0.717) is 11.6 Å². The van der Waals surface area contributed by atoms with E-state index in [4.69, 9.17) is 0 Å². The molecule has 0 spiro atoms. The van der Waals surface area contributed by atoms with Gasteiger partial charge in [0.1, 0.15) is 5.82 Å². The lowest BCUT2D eigenvalue weighted by Crippen LogP contribution is -2.46. The van der Waals surface area contributed by atoms with Gasteiger partial charge in [0.25, 0.3) is 5.91 Å². The summed E-state index contributed by atoms with van der Waals surface area (Å²) in [5.41, 5.74) is 2.21. The molecule has 22 heavy (non-hydrogen) atoms. The maximum absolute atomic E-state index is 13.0. The molecule has 2 heterocycles. The minimum absolute atomic E-state index is 0.0836. The van der Waals surface area contributed by atoms with E-state index in [0.717, 1.165) is 30.5 Å². The summed E-state index contributed by atoms with van der Waals surface area (Å²) in [6.45, 7) is 3.04. The molecule has 3 N–H and O–H groups in total. The average Bonchev–Trinajstić information content (AvgIpc) is 2.97. The van der Waals surface area contributed by atoms with Crippen LogP contribution in [0.3, 0.4) is 0 Å². The quantitative estimate of drug-likeness (QED) is 0.816. The molecule has 116 valence electrons. The van der Waals surface area contributed by atoms with Gasteiger partial charge in [0.15, 0.2) is 0 Å². The largest absolute Gasteiger partial charge is 0.366 e. The Balaban J connectivity index is 1.76. The number of aromatic amines is 1. The molecule has 1 saturated heterocycles. The van der Waals surface area contributed by atoms with Crippen LogP contribution in [0.1, 0.15) is 30.1 Å². The molecular weight excluding hydrogens is 281 g/mol. The standard InChI is InChI=1S/C17H20FN3O/c1-11-8-14(6-7-20-11)21-17(22)16-10-19-9-15(16)12-2-4-13(18)5-3-12/h2-5,9-11,14,19-20H,6-8H2,1H3,(H,21,22). The first kappa shape index (κ1) is 14.8. The number of piperidine rings is 1. The molecule has 0 radical (unpaired) electrons. The van der Waals surface area contributed by atoms with Crippen molar-refractivity contribution in [3.05, 3.63) is 48.0 Å². The van der Waals surface area contributed by atoms with Crippen molar-refractivity contribution in [3.8, 4) is 11.1 Å². The number of halogens is 1. The van der Waals surface area contributed by atoms with E-state index < -0.39 is 0 Å². The third-order valence-electron chi connectivity index (χ3n) is 4.10. The first-order valence-corrected chi connectivity index (χ1v) is 7.60. The molecule has 1 fully saturated rings. The Hall–Kier alpha value is -2.14. The number of carbonyl (C=O) groups excluding carboxylic acids is 1. The van der Waals surface area contributed by atoms with Gasteiger partial charge in [-0.25, -0.2) is 4.39 Å². The molecule has 1 aliphatic rings. The Morgan fingerprint density at radius 1 is 1.27 bits per heavy atom. The van der Waals surface area contributed by atoms with Crippen LogP contribution in [0.4, 0.5) is 4.39 Å². The van der Waals surface area contributed by atoms with Crippen LogP contribution in [0.15, 0.2) is 36.7 Å². The van der Waals surface area contributed by atoms with Crippen LogP contribution in [0.2, 0.25) is 0 Å². The van der Waals surface area contributed by atoms with Gasteiger partial charge < -0.3 is 15.6 Å². The average molecular weight is 301 g/mol. The van der Waals surface area contributed by atoms with E-state index in [-0.39, 0.29) is 17.8 Å². The number of carbonyl (C=O) groups is 1. The predicted octanol–water partition coefficient (Wildman–Crippen LogP) is 2.69. The molecule has 4 nitrogen and oxygen atoms in total. The zero-order valence-electron chi connectivity index (χ0n) is 12.5. The summed E-state index contributed by atoms with van der Waals surface area (Å²) in [4.78, 5) is 15.5. The molecule has 1 aromatic carbocycles. The molecule has 1 aliphatic heterocycles. The Labute approximate surface area is 129 Å². The van der Waals surface area contributed by atoms with Crippen molar-refractivity contribution in [3.63, 3.8) is 0 Å². The zero-order chi connectivity index (χ0) is 15.5. The number of aromatic nitrogens is 1. The van der Waals surface area contributed by atoms with Crippen molar-refractivity contribution < 1.29 is 9.18 Å². The SMILES string of the molecule is CC1CC(NC(=O)c2c[nH]cc2-c2ccc(F)cc2)CCN1. The lowest BCUT2D eigenvalue weighted by Gasteiger charge is -2.28. The number of rotatable bonds is 3. The Morgan fingerprint density at radius 2 is 2.05 bits per heavy atom. The molecule has 0 saturated carbocycles. The van der Waals surface area contributed by atoms with E-state index >= 15 is 0 Å². The van der Waals surface area contributed by atoms with Gasteiger partial charge in [-0.05, 0) is 44.0 Å². The molecule has 1 aromatic heterocycles. The maximum atomic E-state index is 13.0. The van der Waals surface area contributed by atoms with E-state index in [2.05, 4.69) is 22.5 Å². The highest BCUT2D eigenvalue weighted by atomic mass is 19.1. The second-order valence-electron chi connectivity index (χ2n) is 5.84. The number of H-pyrrole nitrogens is 1. The van der Waals surface area contributed by atoms with Gasteiger partial charge in [-0.1, -0.05) is 12.1 Å². The molecular formula is C17H20FN3O. The molecule has 0 bridgehead atoms. The van der Waals surface area contributed by atoms with Gasteiger partial charge in [-0.15, -0.1) is 0 Å². The van der Waals surface area contributed by atoms with Crippen molar-refractivity contribution in [2.75, 3.05) is 6.54 Å². The van der Waals surface area contributed by atoms with Gasteiger partial charge in [0.05, 0.1) is 5.56 Å². The van der Waals surface area contributed by atoms with Crippen LogP contribution in [-0.4, -0.2) is 29.5 Å². The fraction of sp³-hybridized carbons (Fsp3) is 0.353. The van der Waals surface area contributed by atoms with Crippen molar-refractivity contribution in [1.82, 2.24) is 15.6 Å². The summed E-state index contributed by atoms with van der Waals surface area (Å²) >= 11 is 0. The summed E-state index contributed by atoms with van der Waals surface area (Å²) < 4.78 is 13.0. The molecule has 2 aromatic rings. The highest BCUT2D eigenvalue weighted by Gasteiger charge is 2.22. The number of nitrogens with one attached hydrogen (secondary N) is 3. The van der Waals surface area contributed by atoms with Crippen LogP contribution < -0.4 is 10.6 Å². The summed E-state index contributed by atoms with van der Waals surface area (Å²) in [5, 5.41) is 6.47. The minimum atomic E-state index is -0.283. The fourth-order valence-corrected chi connectivity index (χ4v) is 2.95. The van der Waals surface area contributed by atoms with Crippen molar-refractivity contribution >= 4 is 5.91 Å². The number of amides is 1. The van der Waals surface area contributed by atoms with Crippen molar-refractivity contribution in [1.29, 1.82) is 0 Å². The third kappa shape index (κ3) is 3.20. The van der Waals surface area contributed by atoms with Crippen molar-refractivity contribution in [2.24, 2.45) is 0 Å². The lowest BCUT2D eigenvalue weighted by molar-refractivity contribution is 0.0926. The molecule has 2 unspecified atom stereocenters. The highest BCUT2D eigenvalue weighted by molar-refractivity contribution is 6.00. The van der Waals surface area contributed by atoms with E-state index in [1.165, 1.54) is 12.1 Å². The third-order valence-corrected chi connectivity index (χ3v) is 4.10. The molecule has 0 aliphatic carbocycles. The first-order chi connectivity index (χ1) is 10.6.